The Labute approximate surface area is 100 Å². The number of hydrogen-bond donors (Lipinski definition) is 1. The number of hydrogen-bond acceptors (Lipinski definition) is 4. The molecule has 1 aromatic heterocycles. The van der Waals surface area contributed by atoms with Crippen LogP contribution in [0.3, 0.4) is 0 Å². The summed E-state index contributed by atoms with van der Waals surface area (Å²) in [5.74, 6) is 0.324. The predicted molar refractivity (Wildman–Crippen MR) is 63.4 cm³/mol. The van der Waals surface area contributed by atoms with Crippen molar-refractivity contribution in [1.29, 1.82) is 0 Å². The van der Waals surface area contributed by atoms with E-state index in [0.717, 1.165) is 24.8 Å². The zero-order valence-electron chi connectivity index (χ0n) is 9.63. The molecule has 1 aromatic rings. The molecule has 2 aliphatic heterocycles. The van der Waals surface area contributed by atoms with Gasteiger partial charge in [-0.05, 0) is 25.3 Å². The third-order valence-corrected chi connectivity index (χ3v) is 3.83. The molecule has 3 rings (SSSR count). The van der Waals surface area contributed by atoms with Gasteiger partial charge in [0.05, 0.1) is 12.2 Å². The lowest BCUT2D eigenvalue weighted by molar-refractivity contribution is -0.123. The van der Waals surface area contributed by atoms with Crippen LogP contribution in [0.25, 0.3) is 0 Å². The van der Waals surface area contributed by atoms with Gasteiger partial charge in [-0.25, -0.2) is 0 Å². The summed E-state index contributed by atoms with van der Waals surface area (Å²) in [5.41, 5.74) is 7.30. The Balaban J connectivity index is 1.70. The topological polar surface area (TPSA) is 65.2 Å². The summed E-state index contributed by atoms with van der Waals surface area (Å²) in [7, 11) is 0. The Bertz CT molecular complexity index is 447. The van der Waals surface area contributed by atoms with Crippen molar-refractivity contribution in [2.24, 2.45) is 5.92 Å². The molecular weight excluding hydrogens is 216 g/mol. The number of ketones is 1. The van der Waals surface area contributed by atoms with E-state index >= 15 is 0 Å². The largest absolute Gasteiger partial charge is 0.398 e. The summed E-state index contributed by atoms with van der Waals surface area (Å²) in [4.78, 5) is 16.2. The van der Waals surface area contributed by atoms with Crippen molar-refractivity contribution in [3.63, 3.8) is 0 Å². The third kappa shape index (κ3) is 1.93. The molecule has 2 N–H and O–H groups in total. The quantitative estimate of drug-likeness (QED) is 0.854. The van der Waals surface area contributed by atoms with E-state index in [9.17, 15) is 4.79 Å². The SMILES string of the molecule is Nc1ccncc1CC(=O)C1CC2CCC1O2. The molecule has 0 saturated carbocycles. The first-order valence-electron chi connectivity index (χ1n) is 6.10. The van der Waals surface area contributed by atoms with Gasteiger partial charge in [0, 0.05) is 36.0 Å². The first-order valence-corrected chi connectivity index (χ1v) is 6.10. The van der Waals surface area contributed by atoms with E-state index < -0.39 is 0 Å². The third-order valence-electron chi connectivity index (χ3n) is 3.83. The highest BCUT2D eigenvalue weighted by Crippen LogP contribution is 2.39. The fraction of sp³-hybridized carbons (Fsp3) is 0.538. The highest BCUT2D eigenvalue weighted by molar-refractivity contribution is 5.85. The minimum Gasteiger partial charge on any atom is -0.398 e. The number of pyridine rings is 1. The average molecular weight is 232 g/mol. The molecule has 0 aromatic carbocycles. The van der Waals surface area contributed by atoms with Gasteiger partial charge in [0.1, 0.15) is 5.78 Å². The number of nitrogen functional groups attached to an aromatic ring is 1. The Morgan fingerprint density at radius 1 is 1.53 bits per heavy atom. The zero-order chi connectivity index (χ0) is 11.8. The van der Waals surface area contributed by atoms with Gasteiger partial charge in [-0.2, -0.15) is 0 Å². The molecule has 2 bridgehead atoms. The minimum absolute atomic E-state index is 0.0772. The van der Waals surface area contributed by atoms with Crippen LogP contribution < -0.4 is 5.73 Å². The lowest BCUT2D eigenvalue weighted by Crippen LogP contribution is -2.26. The molecule has 0 spiro atoms. The van der Waals surface area contributed by atoms with Gasteiger partial charge in [0.25, 0.3) is 0 Å². The van der Waals surface area contributed by atoms with Crippen LogP contribution in [-0.2, 0) is 16.0 Å². The van der Waals surface area contributed by atoms with Crippen LogP contribution in [-0.4, -0.2) is 23.0 Å². The number of aromatic nitrogens is 1. The predicted octanol–water partition coefficient (Wildman–Crippen LogP) is 1.34. The summed E-state index contributed by atoms with van der Waals surface area (Å²) >= 11 is 0. The summed E-state index contributed by atoms with van der Waals surface area (Å²) in [5, 5.41) is 0. The number of anilines is 1. The molecule has 0 aliphatic carbocycles. The molecule has 4 nitrogen and oxygen atoms in total. The van der Waals surface area contributed by atoms with Gasteiger partial charge < -0.3 is 10.5 Å². The monoisotopic (exact) mass is 232 g/mol. The van der Waals surface area contributed by atoms with Gasteiger partial charge in [-0.15, -0.1) is 0 Å². The number of fused-ring (bicyclic) bond motifs is 2. The van der Waals surface area contributed by atoms with Gasteiger partial charge in [0.2, 0.25) is 0 Å². The van der Waals surface area contributed by atoms with E-state index in [0.29, 0.717) is 18.2 Å². The van der Waals surface area contributed by atoms with Crippen LogP contribution in [0.2, 0.25) is 0 Å². The molecule has 90 valence electrons. The smallest absolute Gasteiger partial charge is 0.143 e. The Kier molecular flexibility index (Phi) is 2.59. The highest BCUT2D eigenvalue weighted by atomic mass is 16.5. The van der Waals surface area contributed by atoms with Crippen LogP contribution in [0.15, 0.2) is 18.5 Å². The first kappa shape index (κ1) is 10.7. The van der Waals surface area contributed by atoms with Crippen molar-refractivity contribution < 1.29 is 9.53 Å². The Morgan fingerprint density at radius 2 is 2.41 bits per heavy atom. The summed E-state index contributed by atoms with van der Waals surface area (Å²) < 4.78 is 5.71. The van der Waals surface area contributed by atoms with Crippen LogP contribution >= 0.6 is 0 Å². The van der Waals surface area contributed by atoms with E-state index in [2.05, 4.69) is 4.98 Å². The maximum Gasteiger partial charge on any atom is 0.143 e. The Morgan fingerprint density at radius 3 is 3.06 bits per heavy atom. The molecule has 2 aliphatic rings. The highest BCUT2D eigenvalue weighted by Gasteiger charge is 2.43. The number of Topliss-reactive ketones (excluding diaryl/α,β-unsaturated/α-hetero) is 1. The molecule has 2 saturated heterocycles. The minimum atomic E-state index is 0.0772. The number of nitrogens with zero attached hydrogens (tertiary/aromatic N) is 1. The lowest BCUT2D eigenvalue weighted by atomic mass is 9.84. The molecule has 0 amide bonds. The fourth-order valence-corrected chi connectivity index (χ4v) is 2.88. The molecule has 3 atom stereocenters. The van der Waals surface area contributed by atoms with E-state index in [-0.39, 0.29) is 17.8 Å². The molecule has 3 heterocycles. The van der Waals surface area contributed by atoms with Gasteiger partial charge in [0.15, 0.2) is 0 Å². The van der Waals surface area contributed by atoms with Crippen LogP contribution in [0.4, 0.5) is 5.69 Å². The average Bonchev–Trinajstić information content (AvgIpc) is 2.94. The molecule has 0 radical (unpaired) electrons. The van der Waals surface area contributed by atoms with Gasteiger partial charge in [-0.3, -0.25) is 9.78 Å². The second kappa shape index (κ2) is 4.11. The van der Waals surface area contributed by atoms with Crippen molar-refractivity contribution >= 4 is 11.5 Å². The van der Waals surface area contributed by atoms with Crippen LogP contribution in [0.5, 0.6) is 0 Å². The van der Waals surface area contributed by atoms with Crippen molar-refractivity contribution in [3.05, 3.63) is 24.0 Å². The first-order chi connectivity index (χ1) is 8.24. The van der Waals surface area contributed by atoms with Crippen molar-refractivity contribution in [2.75, 3.05) is 5.73 Å². The van der Waals surface area contributed by atoms with E-state index in [1.54, 1.807) is 18.5 Å². The lowest BCUT2D eigenvalue weighted by Gasteiger charge is -2.17. The van der Waals surface area contributed by atoms with E-state index in [4.69, 9.17) is 10.5 Å². The fourth-order valence-electron chi connectivity index (χ4n) is 2.88. The summed E-state index contributed by atoms with van der Waals surface area (Å²) in [6, 6.07) is 1.74. The van der Waals surface area contributed by atoms with E-state index in [1.807, 2.05) is 0 Å². The number of rotatable bonds is 3. The second-order valence-electron chi connectivity index (χ2n) is 4.93. The van der Waals surface area contributed by atoms with E-state index in [1.165, 1.54) is 0 Å². The molecule has 2 fully saturated rings. The number of carbonyl (C=O) groups excluding carboxylic acids is 1. The normalized spacial score (nSPS) is 30.7. The van der Waals surface area contributed by atoms with Crippen molar-refractivity contribution in [1.82, 2.24) is 4.98 Å². The maximum atomic E-state index is 12.2. The Hall–Kier alpha value is -1.42. The van der Waals surface area contributed by atoms with Crippen LogP contribution in [0, 0.1) is 5.92 Å². The number of ether oxygens (including phenoxy) is 1. The molecule has 4 heteroatoms. The van der Waals surface area contributed by atoms with Crippen LogP contribution in [0.1, 0.15) is 24.8 Å². The summed E-state index contributed by atoms with van der Waals surface area (Å²) in [6.07, 6.45) is 7.23. The second-order valence-corrected chi connectivity index (χ2v) is 4.93. The molecule has 17 heavy (non-hydrogen) atoms. The molecular formula is C13H16N2O2. The molecule has 3 unspecified atom stereocenters. The maximum absolute atomic E-state index is 12.2. The van der Waals surface area contributed by atoms with Crippen molar-refractivity contribution in [3.8, 4) is 0 Å². The van der Waals surface area contributed by atoms with Gasteiger partial charge >= 0.3 is 0 Å². The number of nitrogens with two attached hydrogens (primary N) is 1. The van der Waals surface area contributed by atoms with Crippen molar-refractivity contribution in [2.45, 2.75) is 37.9 Å². The number of carbonyl (C=O) groups is 1. The van der Waals surface area contributed by atoms with Gasteiger partial charge in [-0.1, -0.05) is 0 Å². The zero-order valence-corrected chi connectivity index (χ0v) is 9.63. The standard InChI is InChI=1S/C13H16N2O2/c14-11-3-4-15-7-8(11)5-12(16)10-6-9-1-2-13(10)17-9/h3-4,7,9-10,13H,1-2,5-6H2,(H2,14,15). The summed E-state index contributed by atoms with van der Waals surface area (Å²) in [6.45, 7) is 0.